The number of benzene rings is 2. The Bertz CT molecular complexity index is 646. The number of hydrogen-bond donors (Lipinski definition) is 0. The lowest BCUT2D eigenvalue weighted by Crippen LogP contribution is -2.03. The molecule has 102 valence electrons. The largest absolute Gasteiger partial charge is 0.422 e. The minimum Gasteiger partial charge on any atom is -0.422 e. The van der Waals surface area contributed by atoms with Crippen molar-refractivity contribution in [2.45, 2.75) is 6.92 Å². The molecule has 2 rings (SSSR count). The number of halogens is 2. The molecule has 2 aromatic rings. The zero-order chi connectivity index (χ0) is 14.5. The molecule has 0 radical (unpaired) electrons. The van der Waals surface area contributed by atoms with Gasteiger partial charge < -0.3 is 4.74 Å². The summed E-state index contributed by atoms with van der Waals surface area (Å²) in [6.45, 7) is 2.00. The molecule has 20 heavy (non-hydrogen) atoms. The van der Waals surface area contributed by atoms with Crippen molar-refractivity contribution in [3.63, 3.8) is 0 Å². The summed E-state index contributed by atoms with van der Waals surface area (Å²) in [4.78, 5) is 11.7. The second kappa shape index (κ2) is 6.60. The van der Waals surface area contributed by atoms with Gasteiger partial charge >= 0.3 is 5.97 Å². The van der Waals surface area contributed by atoms with Gasteiger partial charge in [-0.25, -0.2) is 4.79 Å². The summed E-state index contributed by atoms with van der Waals surface area (Å²) < 4.78 is 5.13. The fourth-order valence-electron chi connectivity index (χ4n) is 1.54. The highest BCUT2D eigenvalue weighted by Gasteiger charge is 2.06. The smallest absolute Gasteiger partial charge is 0.336 e. The average molecular weight is 307 g/mol. The van der Waals surface area contributed by atoms with Crippen LogP contribution in [0.25, 0.3) is 6.08 Å². The summed E-state index contributed by atoms with van der Waals surface area (Å²) in [7, 11) is 0. The van der Waals surface area contributed by atoms with Crippen molar-refractivity contribution in [1.82, 2.24) is 0 Å². The van der Waals surface area contributed by atoms with Crippen LogP contribution in [0.4, 0.5) is 0 Å². The van der Waals surface area contributed by atoms with E-state index in [1.165, 1.54) is 12.1 Å². The first-order valence-corrected chi connectivity index (χ1v) is 6.72. The van der Waals surface area contributed by atoms with E-state index in [0.717, 1.165) is 11.1 Å². The van der Waals surface area contributed by atoms with Crippen molar-refractivity contribution in [3.05, 3.63) is 69.7 Å². The molecule has 0 heterocycles. The predicted octanol–water partition coefficient (Wildman–Crippen LogP) is 4.92. The Balaban J connectivity index is 2.03. The van der Waals surface area contributed by atoms with Gasteiger partial charge in [0.2, 0.25) is 0 Å². The van der Waals surface area contributed by atoms with E-state index in [4.69, 9.17) is 27.9 Å². The third-order valence-electron chi connectivity index (χ3n) is 2.59. The van der Waals surface area contributed by atoms with Crippen LogP contribution >= 0.6 is 23.2 Å². The van der Waals surface area contributed by atoms with E-state index in [1.54, 1.807) is 18.2 Å². The standard InChI is InChI=1S/C16H12Cl2O2/c1-11-2-4-12(5-3-11)6-9-16(19)20-15-8-7-13(17)10-14(15)18/h2-10H,1H3. The summed E-state index contributed by atoms with van der Waals surface area (Å²) >= 11 is 11.7. The van der Waals surface area contributed by atoms with E-state index < -0.39 is 5.97 Å². The summed E-state index contributed by atoms with van der Waals surface area (Å²) in [5.74, 6) is -0.204. The summed E-state index contributed by atoms with van der Waals surface area (Å²) in [6.07, 6.45) is 3.04. The van der Waals surface area contributed by atoms with Gasteiger partial charge in [-0.1, -0.05) is 53.0 Å². The minimum absolute atomic E-state index is 0.287. The number of carbonyl (C=O) groups excluding carboxylic acids is 1. The summed E-state index contributed by atoms with van der Waals surface area (Å²) in [5.41, 5.74) is 2.09. The van der Waals surface area contributed by atoms with Gasteiger partial charge in [0.25, 0.3) is 0 Å². The highest BCUT2D eigenvalue weighted by molar-refractivity contribution is 6.35. The fourth-order valence-corrected chi connectivity index (χ4v) is 1.99. The maximum absolute atomic E-state index is 11.7. The Kier molecular flexibility index (Phi) is 4.83. The van der Waals surface area contributed by atoms with Gasteiger partial charge in [-0.15, -0.1) is 0 Å². The molecule has 0 aliphatic heterocycles. The molecular formula is C16H12Cl2O2. The van der Waals surface area contributed by atoms with Crippen molar-refractivity contribution in [1.29, 1.82) is 0 Å². The minimum atomic E-state index is -0.491. The lowest BCUT2D eigenvalue weighted by Gasteiger charge is -2.03. The molecule has 0 aromatic heterocycles. The topological polar surface area (TPSA) is 26.3 Å². The average Bonchev–Trinajstić information content (AvgIpc) is 2.41. The van der Waals surface area contributed by atoms with Crippen molar-refractivity contribution in [2.24, 2.45) is 0 Å². The lowest BCUT2D eigenvalue weighted by molar-refractivity contribution is -0.128. The van der Waals surface area contributed by atoms with Crippen molar-refractivity contribution >= 4 is 35.2 Å². The van der Waals surface area contributed by atoms with Crippen LogP contribution in [-0.4, -0.2) is 5.97 Å². The molecule has 0 unspecified atom stereocenters. The maximum Gasteiger partial charge on any atom is 0.336 e. The predicted molar refractivity (Wildman–Crippen MR) is 82.3 cm³/mol. The van der Waals surface area contributed by atoms with E-state index in [-0.39, 0.29) is 5.75 Å². The fraction of sp³-hybridized carbons (Fsp3) is 0.0625. The Hall–Kier alpha value is -1.77. The van der Waals surface area contributed by atoms with Gasteiger partial charge in [-0.2, -0.15) is 0 Å². The molecule has 0 aliphatic rings. The summed E-state index contributed by atoms with van der Waals surface area (Å²) in [5, 5.41) is 0.791. The van der Waals surface area contributed by atoms with Gasteiger partial charge in [0.1, 0.15) is 5.75 Å². The zero-order valence-electron chi connectivity index (χ0n) is 10.8. The quantitative estimate of drug-likeness (QED) is 0.457. The van der Waals surface area contributed by atoms with E-state index in [2.05, 4.69) is 0 Å². The SMILES string of the molecule is Cc1ccc(C=CC(=O)Oc2ccc(Cl)cc2Cl)cc1. The Morgan fingerprint density at radius 3 is 2.45 bits per heavy atom. The van der Waals surface area contributed by atoms with Gasteiger partial charge in [-0.05, 0) is 36.8 Å². The molecule has 2 aromatic carbocycles. The van der Waals surface area contributed by atoms with E-state index >= 15 is 0 Å². The molecule has 0 aliphatic carbocycles. The normalized spacial score (nSPS) is 10.8. The highest BCUT2D eigenvalue weighted by atomic mass is 35.5. The third kappa shape index (κ3) is 4.12. The van der Waals surface area contributed by atoms with E-state index in [1.807, 2.05) is 31.2 Å². The number of ether oxygens (including phenoxy) is 1. The van der Waals surface area contributed by atoms with Gasteiger partial charge in [-0.3, -0.25) is 0 Å². The molecule has 0 N–H and O–H groups in total. The van der Waals surface area contributed by atoms with Crippen molar-refractivity contribution in [2.75, 3.05) is 0 Å². The molecule has 0 amide bonds. The van der Waals surface area contributed by atoms with Crippen LogP contribution in [-0.2, 0) is 4.79 Å². The molecule has 2 nitrogen and oxygen atoms in total. The van der Waals surface area contributed by atoms with Gasteiger partial charge in [0.15, 0.2) is 0 Å². The molecule has 0 fully saturated rings. The monoisotopic (exact) mass is 306 g/mol. The Morgan fingerprint density at radius 2 is 1.80 bits per heavy atom. The first-order valence-electron chi connectivity index (χ1n) is 5.96. The Labute approximate surface area is 127 Å². The van der Waals surface area contributed by atoms with Gasteiger partial charge in [0.05, 0.1) is 5.02 Å². The first kappa shape index (κ1) is 14.6. The number of rotatable bonds is 3. The van der Waals surface area contributed by atoms with E-state index in [9.17, 15) is 4.79 Å². The number of carbonyl (C=O) groups is 1. The second-order valence-electron chi connectivity index (χ2n) is 4.24. The Morgan fingerprint density at radius 1 is 1.10 bits per heavy atom. The van der Waals surface area contributed by atoms with Crippen molar-refractivity contribution < 1.29 is 9.53 Å². The maximum atomic E-state index is 11.7. The molecule has 0 spiro atoms. The second-order valence-corrected chi connectivity index (χ2v) is 5.08. The van der Waals surface area contributed by atoms with Crippen LogP contribution in [0, 0.1) is 6.92 Å². The lowest BCUT2D eigenvalue weighted by atomic mass is 10.1. The summed E-state index contributed by atoms with van der Waals surface area (Å²) in [6, 6.07) is 12.5. The van der Waals surface area contributed by atoms with Gasteiger partial charge in [0, 0.05) is 11.1 Å². The van der Waals surface area contributed by atoms with Crippen molar-refractivity contribution in [3.8, 4) is 5.75 Å². The highest BCUT2D eigenvalue weighted by Crippen LogP contribution is 2.27. The molecule has 0 saturated heterocycles. The van der Waals surface area contributed by atoms with Crippen LogP contribution in [0.5, 0.6) is 5.75 Å². The third-order valence-corrected chi connectivity index (χ3v) is 3.12. The van der Waals surface area contributed by atoms with E-state index in [0.29, 0.717) is 10.0 Å². The van der Waals surface area contributed by atoms with Crippen LogP contribution in [0.2, 0.25) is 10.0 Å². The van der Waals surface area contributed by atoms with Crippen LogP contribution < -0.4 is 4.74 Å². The number of aryl methyl sites for hydroxylation is 1. The molecule has 4 heteroatoms. The molecule has 0 atom stereocenters. The molecular weight excluding hydrogens is 295 g/mol. The molecule has 0 bridgehead atoms. The number of esters is 1. The van der Waals surface area contributed by atoms with Crippen LogP contribution in [0.3, 0.4) is 0 Å². The first-order chi connectivity index (χ1) is 9.54. The van der Waals surface area contributed by atoms with Crippen LogP contribution in [0.1, 0.15) is 11.1 Å². The zero-order valence-corrected chi connectivity index (χ0v) is 12.3. The van der Waals surface area contributed by atoms with Crippen LogP contribution in [0.15, 0.2) is 48.5 Å². The molecule has 0 saturated carbocycles. The number of hydrogen-bond acceptors (Lipinski definition) is 2.